The number of nitrogens with one attached hydrogen (secondary N) is 1. The van der Waals surface area contributed by atoms with E-state index in [0.29, 0.717) is 6.54 Å². The minimum absolute atomic E-state index is 0.120. The first-order valence-electron chi connectivity index (χ1n) is 7.45. The van der Waals surface area contributed by atoms with Gasteiger partial charge in [0, 0.05) is 12.5 Å². The van der Waals surface area contributed by atoms with E-state index in [9.17, 15) is 4.79 Å². The van der Waals surface area contributed by atoms with Crippen molar-refractivity contribution in [3.63, 3.8) is 0 Å². The summed E-state index contributed by atoms with van der Waals surface area (Å²) in [6, 6.07) is 4.12. The van der Waals surface area contributed by atoms with E-state index in [1.165, 1.54) is 0 Å². The number of H-pyrrole nitrogens is 1. The van der Waals surface area contributed by atoms with Crippen LogP contribution in [0.1, 0.15) is 54.2 Å². The summed E-state index contributed by atoms with van der Waals surface area (Å²) in [7, 11) is 0. The molecule has 1 aliphatic rings. The van der Waals surface area contributed by atoms with Crippen LogP contribution in [-0.2, 0) is 13.0 Å². The lowest BCUT2D eigenvalue weighted by molar-refractivity contribution is 0.0705. The zero-order valence-corrected chi connectivity index (χ0v) is 12.4. The van der Waals surface area contributed by atoms with Gasteiger partial charge in [-0.05, 0) is 38.3 Å². The Morgan fingerprint density at radius 3 is 2.90 bits per heavy atom. The van der Waals surface area contributed by atoms with Crippen molar-refractivity contribution in [2.45, 2.75) is 52.1 Å². The molecule has 0 atom stereocenters. The summed E-state index contributed by atoms with van der Waals surface area (Å²) < 4.78 is 5.58. The van der Waals surface area contributed by atoms with Crippen LogP contribution in [0.3, 0.4) is 0 Å². The van der Waals surface area contributed by atoms with Crippen molar-refractivity contribution in [1.82, 2.24) is 20.1 Å². The van der Waals surface area contributed by atoms with Gasteiger partial charge < -0.3 is 9.32 Å². The molecule has 0 aliphatic heterocycles. The van der Waals surface area contributed by atoms with Gasteiger partial charge in [-0.2, -0.15) is 0 Å². The number of hydrogen-bond donors (Lipinski definition) is 1. The zero-order chi connectivity index (χ0) is 14.8. The quantitative estimate of drug-likeness (QED) is 0.886. The second kappa shape index (κ2) is 5.71. The molecule has 2 heterocycles. The third-order valence-corrected chi connectivity index (χ3v) is 3.58. The van der Waals surface area contributed by atoms with E-state index in [2.05, 4.69) is 22.1 Å². The second-order valence-electron chi connectivity index (χ2n) is 5.53. The molecule has 0 radical (unpaired) electrons. The average molecular weight is 288 g/mol. The van der Waals surface area contributed by atoms with E-state index in [1.54, 1.807) is 0 Å². The van der Waals surface area contributed by atoms with E-state index >= 15 is 0 Å². The number of aromatic amines is 1. The summed E-state index contributed by atoms with van der Waals surface area (Å²) in [6.45, 7) is 4.45. The summed E-state index contributed by atoms with van der Waals surface area (Å²) >= 11 is 0. The normalized spacial score (nSPS) is 14.4. The van der Waals surface area contributed by atoms with Gasteiger partial charge in [0.05, 0.1) is 6.54 Å². The van der Waals surface area contributed by atoms with Gasteiger partial charge in [0.2, 0.25) is 5.82 Å². The lowest BCUT2D eigenvalue weighted by Crippen LogP contribution is -2.33. The van der Waals surface area contributed by atoms with E-state index in [-0.39, 0.29) is 17.8 Å². The number of aromatic nitrogens is 3. The molecule has 0 unspecified atom stereocenters. The van der Waals surface area contributed by atoms with Crippen molar-refractivity contribution in [2.24, 2.45) is 0 Å². The molecular weight excluding hydrogens is 268 g/mol. The predicted molar refractivity (Wildman–Crippen MR) is 76.7 cm³/mol. The van der Waals surface area contributed by atoms with E-state index in [4.69, 9.17) is 4.42 Å². The summed E-state index contributed by atoms with van der Waals surface area (Å²) in [6.07, 6.45) is 3.86. The Morgan fingerprint density at radius 1 is 1.48 bits per heavy atom. The van der Waals surface area contributed by atoms with Gasteiger partial charge in [-0.25, -0.2) is 4.98 Å². The van der Waals surface area contributed by atoms with Crippen LogP contribution in [0.5, 0.6) is 0 Å². The average Bonchev–Trinajstić information content (AvgIpc) is 3.06. The van der Waals surface area contributed by atoms with Crippen LogP contribution in [0.15, 0.2) is 16.5 Å². The Labute approximate surface area is 123 Å². The highest BCUT2D eigenvalue weighted by atomic mass is 16.3. The molecule has 6 nitrogen and oxygen atoms in total. The van der Waals surface area contributed by atoms with Crippen LogP contribution in [-0.4, -0.2) is 32.0 Å². The van der Waals surface area contributed by atoms with E-state index in [1.807, 2.05) is 24.0 Å². The number of hydrogen-bond acceptors (Lipinski definition) is 4. The molecule has 2 aromatic rings. The molecule has 3 rings (SSSR count). The van der Waals surface area contributed by atoms with E-state index < -0.39 is 0 Å². The number of nitrogens with zero attached hydrogens (tertiary/aromatic N) is 3. The number of furan rings is 1. The van der Waals surface area contributed by atoms with Gasteiger partial charge in [-0.3, -0.25) is 9.89 Å². The van der Waals surface area contributed by atoms with Gasteiger partial charge in [0.15, 0.2) is 0 Å². The minimum Gasteiger partial charge on any atom is -0.464 e. The Balaban J connectivity index is 1.74. The van der Waals surface area contributed by atoms with Gasteiger partial charge in [-0.1, -0.05) is 6.92 Å². The molecule has 21 heavy (non-hydrogen) atoms. The first-order valence-corrected chi connectivity index (χ1v) is 7.45. The molecule has 2 aromatic heterocycles. The van der Waals surface area contributed by atoms with Crippen LogP contribution >= 0.6 is 0 Å². The van der Waals surface area contributed by atoms with Gasteiger partial charge in [0.25, 0.3) is 5.91 Å². The lowest BCUT2D eigenvalue weighted by atomic mass is 10.3. The highest BCUT2D eigenvalue weighted by molar-refractivity contribution is 5.90. The molecule has 0 spiro atoms. The Kier molecular flexibility index (Phi) is 3.77. The fourth-order valence-electron chi connectivity index (χ4n) is 2.36. The highest BCUT2D eigenvalue weighted by Crippen LogP contribution is 2.29. The molecule has 0 bridgehead atoms. The van der Waals surface area contributed by atoms with Crippen LogP contribution in [0.25, 0.3) is 0 Å². The molecule has 1 saturated carbocycles. The SMILES string of the molecule is CCCc1nc(C(=O)N(Cc2ccc(C)o2)C2CC2)n[nH]1. The predicted octanol–water partition coefficient (Wildman–Crippen LogP) is 2.46. The number of carbonyl (C=O) groups is 1. The maximum Gasteiger partial charge on any atom is 0.294 e. The Morgan fingerprint density at radius 2 is 2.29 bits per heavy atom. The lowest BCUT2D eigenvalue weighted by Gasteiger charge is -2.19. The van der Waals surface area contributed by atoms with Crippen LogP contribution in [0.4, 0.5) is 0 Å². The molecule has 6 heteroatoms. The fraction of sp³-hybridized carbons (Fsp3) is 0.533. The molecule has 0 saturated heterocycles. The van der Waals surface area contributed by atoms with Gasteiger partial charge >= 0.3 is 0 Å². The highest BCUT2D eigenvalue weighted by Gasteiger charge is 2.35. The number of rotatable bonds is 6. The maximum absolute atomic E-state index is 12.6. The smallest absolute Gasteiger partial charge is 0.294 e. The molecule has 1 amide bonds. The summed E-state index contributed by atoms with van der Waals surface area (Å²) in [5, 5.41) is 6.89. The Hall–Kier alpha value is -2.11. The monoisotopic (exact) mass is 288 g/mol. The Bertz CT molecular complexity index is 627. The molecular formula is C15H20N4O2. The molecule has 1 N–H and O–H groups in total. The molecule has 1 fully saturated rings. The number of aryl methyl sites for hydroxylation is 2. The molecule has 1 aliphatic carbocycles. The zero-order valence-electron chi connectivity index (χ0n) is 12.4. The minimum atomic E-state index is -0.120. The summed E-state index contributed by atoms with van der Waals surface area (Å²) in [5.41, 5.74) is 0. The van der Waals surface area contributed by atoms with Crippen LogP contribution < -0.4 is 0 Å². The third-order valence-electron chi connectivity index (χ3n) is 3.58. The van der Waals surface area contributed by atoms with Crippen molar-refractivity contribution in [3.8, 4) is 0 Å². The first kappa shape index (κ1) is 13.9. The maximum atomic E-state index is 12.6. The van der Waals surface area contributed by atoms with E-state index in [0.717, 1.165) is 43.0 Å². The topological polar surface area (TPSA) is 75.0 Å². The fourth-order valence-corrected chi connectivity index (χ4v) is 2.36. The molecule has 0 aromatic carbocycles. The summed E-state index contributed by atoms with van der Waals surface area (Å²) in [4.78, 5) is 18.7. The van der Waals surface area contributed by atoms with Crippen molar-refractivity contribution >= 4 is 5.91 Å². The van der Waals surface area contributed by atoms with Crippen molar-refractivity contribution in [1.29, 1.82) is 0 Å². The van der Waals surface area contributed by atoms with Crippen LogP contribution in [0, 0.1) is 6.92 Å². The second-order valence-corrected chi connectivity index (χ2v) is 5.53. The summed E-state index contributed by atoms with van der Waals surface area (Å²) in [5.74, 6) is 2.57. The molecule has 112 valence electrons. The van der Waals surface area contributed by atoms with Gasteiger partial charge in [0.1, 0.15) is 17.3 Å². The largest absolute Gasteiger partial charge is 0.464 e. The van der Waals surface area contributed by atoms with Crippen molar-refractivity contribution in [3.05, 3.63) is 35.3 Å². The van der Waals surface area contributed by atoms with Crippen molar-refractivity contribution < 1.29 is 9.21 Å². The first-order chi connectivity index (χ1) is 10.2. The van der Waals surface area contributed by atoms with Crippen molar-refractivity contribution in [2.75, 3.05) is 0 Å². The number of amides is 1. The third kappa shape index (κ3) is 3.15. The standard InChI is InChI=1S/C15H20N4O2/c1-3-4-13-16-14(18-17-13)15(20)19(11-6-7-11)9-12-8-5-10(2)21-12/h5,8,11H,3-4,6-7,9H2,1-2H3,(H,16,17,18). The van der Waals surface area contributed by atoms with Gasteiger partial charge in [-0.15, -0.1) is 5.10 Å². The van der Waals surface area contributed by atoms with Crippen LogP contribution in [0.2, 0.25) is 0 Å². The number of carbonyl (C=O) groups excluding carboxylic acids is 1.